The molecule has 1 atom stereocenters. The third-order valence-electron chi connectivity index (χ3n) is 4.94. The van der Waals surface area contributed by atoms with Crippen LogP contribution < -0.4 is 4.90 Å². The summed E-state index contributed by atoms with van der Waals surface area (Å²) in [6, 6.07) is 8.29. The number of hydrogen-bond acceptors (Lipinski definition) is 4. The predicted molar refractivity (Wildman–Crippen MR) is 87.7 cm³/mol. The molecule has 0 bridgehead atoms. The van der Waals surface area contributed by atoms with Crippen LogP contribution in [0.25, 0.3) is 0 Å². The summed E-state index contributed by atoms with van der Waals surface area (Å²) in [4.78, 5) is 27.3. The molecular formula is C18H20F2N2O4. The van der Waals surface area contributed by atoms with Crippen LogP contribution in [-0.4, -0.2) is 61.3 Å². The van der Waals surface area contributed by atoms with E-state index in [-0.39, 0.29) is 38.1 Å². The summed E-state index contributed by atoms with van der Waals surface area (Å²) >= 11 is 0. The molecule has 4 rings (SSSR count). The number of benzene rings is 1. The van der Waals surface area contributed by atoms with Crippen molar-refractivity contribution in [3.63, 3.8) is 0 Å². The summed E-state index contributed by atoms with van der Waals surface area (Å²) in [6.45, 7) is 0.377. The molecule has 3 fully saturated rings. The first kappa shape index (κ1) is 17.4. The Morgan fingerprint density at radius 1 is 1.15 bits per heavy atom. The van der Waals surface area contributed by atoms with Gasteiger partial charge in [0.1, 0.15) is 5.60 Å². The monoisotopic (exact) mass is 366 g/mol. The van der Waals surface area contributed by atoms with E-state index in [1.54, 1.807) is 35.2 Å². The summed E-state index contributed by atoms with van der Waals surface area (Å²) < 4.78 is 39.3. The smallest absolute Gasteiger partial charge is 0.376 e. The van der Waals surface area contributed by atoms with E-state index in [2.05, 4.69) is 0 Å². The van der Waals surface area contributed by atoms with Crippen molar-refractivity contribution in [2.75, 3.05) is 37.7 Å². The van der Waals surface area contributed by atoms with E-state index in [0.717, 1.165) is 17.7 Å². The van der Waals surface area contributed by atoms with E-state index < -0.39 is 17.6 Å². The molecule has 1 aromatic carbocycles. The standard InChI is InChI=1S/C18H20F2N2O4/c19-18(20)16(24)22(14-4-2-1-3-5-14)11-17(26-18)10-21(8-9-25-12-17)15(23)13-6-7-13/h1-5,13H,6-12H2. The number of carbonyl (C=O) groups is 2. The van der Waals surface area contributed by atoms with Crippen molar-refractivity contribution in [1.82, 2.24) is 4.90 Å². The predicted octanol–water partition coefficient (Wildman–Crippen LogP) is 1.65. The lowest BCUT2D eigenvalue weighted by Crippen LogP contribution is -2.66. The van der Waals surface area contributed by atoms with Crippen LogP contribution in [-0.2, 0) is 19.1 Å². The van der Waals surface area contributed by atoms with Gasteiger partial charge in [0.05, 0.1) is 26.3 Å². The molecule has 2 saturated heterocycles. The van der Waals surface area contributed by atoms with Gasteiger partial charge in [-0.15, -0.1) is 0 Å². The van der Waals surface area contributed by atoms with Crippen LogP contribution in [0.4, 0.5) is 14.5 Å². The first-order valence-corrected chi connectivity index (χ1v) is 8.72. The highest BCUT2D eigenvalue weighted by Crippen LogP contribution is 2.38. The average molecular weight is 366 g/mol. The summed E-state index contributed by atoms with van der Waals surface area (Å²) in [5.41, 5.74) is -1.10. The first-order valence-electron chi connectivity index (χ1n) is 8.72. The maximum atomic E-state index is 14.4. The third-order valence-corrected chi connectivity index (χ3v) is 4.94. The number of alkyl halides is 2. The van der Waals surface area contributed by atoms with Crippen molar-refractivity contribution in [3.8, 4) is 0 Å². The van der Waals surface area contributed by atoms with Crippen LogP contribution in [0.15, 0.2) is 30.3 Å². The van der Waals surface area contributed by atoms with Gasteiger partial charge in [-0.25, -0.2) is 0 Å². The lowest BCUT2D eigenvalue weighted by atomic mass is 10.00. The van der Waals surface area contributed by atoms with Gasteiger partial charge >= 0.3 is 12.0 Å². The Kier molecular flexibility index (Phi) is 4.19. The molecule has 1 saturated carbocycles. The molecule has 8 heteroatoms. The van der Waals surface area contributed by atoms with Crippen molar-refractivity contribution < 1.29 is 27.8 Å². The molecule has 140 valence electrons. The fourth-order valence-corrected chi connectivity index (χ4v) is 3.52. The number of morpholine rings is 1. The number of para-hydroxylation sites is 1. The quantitative estimate of drug-likeness (QED) is 0.799. The zero-order chi connectivity index (χ0) is 18.4. The molecule has 1 aliphatic carbocycles. The highest BCUT2D eigenvalue weighted by molar-refractivity contribution is 5.98. The molecule has 0 N–H and O–H groups in total. The molecule has 2 aliphatic heterocycles. The van der Waals surface area contributed by atoms with Crippen LogP contribution in [0.5, 0.6) is 0 Å². The molecule has 1 unspecified atom stereocenters. The average Bonchev–Trinajstić information content (AvgIpc) is 3.46. The van der Waals surface area contributed by atoms with Gasteiger partial charge in [-0.05, 0) is 25.0 Å². The number of anilines is 1. The summed E-state index contributed by atoms with van der Waals surface area (Å²) in [7, 11) is 0. The zero-order valence-electron chi connectivity index (χ0n) is 14.2. The minimum atomic E-state index is -3.98. The van der Waals surface area contributed by atoms with Gasteiger partial charge in [-0.2, -0.15) is 8.78 Å². The van der Waals surface area contributed by atoms with Gasteiger partial charge in [0.25, 0.3) is 0 Å². The van der Waals surface area contributed by atoms with E-state index in [4.69, 9.17) is 9.47 Å². The maximum Gasteiger partial charge on any atom is 0.437 e. The lowest BCUT2D eigenvalue weighted by molar-refractivity contribution is -0.293. The largest absolute Gasteiger partial charge is 0.437 e. The Bertz CT molecular complexity index is 710. The number of carbonyl (C=O) groups excluding carboxylic acids is 2. The molecule has 26 heavy (non-hydrogen) atoms. The van der Waals surface area contributed by atoms with Gasteiger partial charge in [-0.3, -0.25) is 14.3 Å². The Labute approximate surface area is 149 Å². The summed E-state index contributed by atoms with van der Waals surface area (Å²) in [6.07, 6.45) is -2.32. The van der Waals surface area contributed by atoms with E-state index in [1.165, 1.54) is 0 Å². The van der Waals surface area contributed by atoms with Crippen LogP contribution in [0, 0.1) is 5.92 Å². The molecule has 1 aromatic rings. The van der Waals surface area contributed by atoms with Crippen LogP contribution in [0.2, 0.25) is 0 Å². The summed E-state index contributed by atoms with van der Waals surface area (Å²) in [5.74, 6) is -1.48. The Morgan fingerprint density at radius 3 is 2.58 bits per heavy atom. The highest BCUT2D eigenvalue weighted by Gasteiger charge is 2.58. The zero-order valence-corrected chi connectivity index (χ0v) is 14.2. The van der Waals surface area contributed by atoms with Gasteiger partial charge in [0, 0.05) is 18.2 Å². The minimum Gasteiger partial charge on any atom is -0.376 e. The molecule has 2 heterocycles. The van der Waals surface area contributed by atoms with E-state index in [0.29, 0.717) is 12.2 Å². The number of amides is 2. The first-order chi connectivity index (χ1) is 12.4. The minimum absolute atomic E-state index is 0.0193. The Balaban J connectivity index is 1.64. The molecule has 3 aliphatic rings. The maximum absolute atomic E-state index is 14.4. The third kappa shape index (κ3) is 3.19. The number of ether oxygens (including phenoxy) is 2. The molecule has 0 radical (unpaired) electrons. The fourth-order valence-electron chi connectivity index (χ4n) is 3.52. The number of rotatable bonds is 2. The van der Waals surface area contributed by atoms with Crippen molar-refractivity contribution in [2.24, 2.45) is 5.92 Å². The second-order valence-electron chi connectivity index (χ2n) is 7.12. The van der Waals surface area contributed by atoms with Crippen LogP contribution in [0.1, 0.15) is 12.8 Å². The van der Waals surface area contributed by atoms with Crippen LogP contribution in [0.3, 0.4) is 0 Å². The van der Waals surface area contributed by atoms with Gasteiger partial charge in [-0.1, -0.05) is 18.2 Å². The van der Waals surface area contributed by atoms with Crippen molar-refractivity contribution in [3.05, 3.63) is 30.3 Å². The Hall–Kier alpha value is -2.06. The van der Waals surface area contributed by atoms with E-state index in [1.807, 2.05) is 0 Å². The molecule has 0 aromatic heterocycles. The number of halogens is 2. The number of nitrogens with zero attached hydrogens (tertiary/aromatic N) is 2. The topological polar surface area (TPSA) is 59.1 Å². The summed E-state index contributed by atoms with van der Waals surface area (Å²) in [5, 5.41) is 0. The van der Waals surface area contributed by atoms with Crippen molar-refractivity contribution in [1.29, 1.82) is 0 Å². The SMILES string of the molecule is O=C(C1CC1)N1CCOCC2(C1)CN(c1ccccc1)C(=O)C(F)(F)O2. The van der Waals surface area contributed by atoms with Gasteiger partial charge in [0.2, 0.25) is 5.91 Å². The number of hydrogen-bond donors (Lipinski definition) is 0. The highest BCUT2D eigenvalue weighted by atomic mass is 19.3. The molecule has 2 amide bonds. The second kappa shape index (κ2) is 6.28. The van der Waals surface area contributed by atoms with E-state index >= 15 is 0 Å². The normalized spacial score (nSPS) is 28.9. The van der Waals surface area contributed by atoms with Crippen molar-refractivity contribution in [2.45, 2.75) is 24.6 Å². The molecule has 1 spiro atoms. The fraction of sp³-hybridized carbons (Fsp3) is 0.556. The molecular weight excluding hydrogens is 346 g/mol. The van der Waals surface area contributed by atoms with Gasteiger partial charge in [0.15, 0.2) is 0 Å². The van der Waals surface area contributed by atoms with E-state index in [9.17, 15) is 18.4 Å². The van der Waals surface area contributed by atoms with Gasteiger partial charge < -0.3 is 14.5 Å². The Morgan fingerprint density at radius 2 is 1.88 bits per heavy atom. The molecule has 6 nitrogen and oxygen atoms in total. The van der Waals surface area contributed by atoms with Crippen molar-refractivity contribution >= 4 is 17.5 Å². The van der Waals surface area contributed by atoms with Crippen LogP contribution >= 0.6 is 0 Å². The second-order valence-corrected chi connectivity index (χ2v) is 7.12. The lowest BCUT2D eigenvalue weighted by Gasteiger charge is -2.45.